The van der Waals surface area contributed by atoms with Gasteiger partial charge in [-0.05, 0) is 47.9 Å². The van der Waals surface area contributed by atoms with Crippen molar-refractivity contribution >= 4 is 21.6 Å². The predicted molar refractivity (Wildman–Crippen MR) is 81.7 cm³/mol. The lowest BCUT2D eigenvalue weighted by atomic mass is 10.0. The molecule has 1 aromatic heterocycles. The smallest absolute Gasteiger partial charge is 0.240 e. The molecular weight excluding hydrogens is 302 g/mol. The summed E-state index contributed by atoms with van der Waals surface area (Å²) in [5, 5.41) is 2.74. The van der Waals surface area contributed by atoms with Crippen LogP contribution in [0.4, 0.5) is 5.69 Å². The van der Waals surface area contributed by atoms with E-state index in [0.717, 1.165) is 11.1 Å². The highest BCUT2D eigenvalue weighted by Gasteiger charge is 2.19. The Morgan fingerprint density at radius 2 is 1.91 bits per heavy atom. The van der Waals surface area contributed by atoms with Crippen LogP contribution in [0, 0.1) is 0 Å². The minimum Gasteiger partial charge on any atom is -0.326 e. The molecule has 2 aromatic rings. The number of nitrogens with zero attached hydrogens (tertiary/aromatic N) is 1. The molecule has 1 amide bonds. The molecule has 1 aliphatic heterocycles. The molecule has 0 unspecified atom stereocenters. The van der Waals surface area contributed by atoms with Crippen LogP contribution in [0.5, 0.6) is 0 Å². The summed E-state index contributed by atoms with van der Waals surface area (Å²) >= 11 is 0. The SMILES string of the molecule is O=C1CCc2cc(S(=O)(=O)NCc3ccncc3)ccc2N1. The lowest BCUT2D eigenvalue weighted by molar-refractivity contribution is -0.116. The lowest BCUT2D eigenvalue weighted by Crippen LogP contribution is -2.24. The first-order chi connectivity index (χ1) is 10.5. The second-order valence-corrected chi connectivity index (χ2v) is 6.81. The molecule has 1 aliphatic rings. The Hall–Kier alpha value is -2.25. The number of benzene rings is 1. The first-order valence-corrected chi connectivity index (χ1v) is 8.34. The molecule has 0 saturated carbocycles. The number of sulfonamides is 1. The maximum Gasteiger partial charge on any atom is 0.240 e. The number of hydrogen-bond acceptors (Lipinski definition) is 4. The van der Waals surface area contributed by atoms with Gasteiger partial charge in [-0.2, -0.15) is 0 Å². The number of rotatable bonds is 4. The van der Waals surface area contributed by atoms with Gasteiger partial charge in [-0.25, -0.2) is 13.1 Å². The monoisotopic (exact) mass is 317 g/mol. The summed E-state index contributed by atoms with van der Waals surface area (Å²) < 4.78 is 27.2. The highest BCUT2D eigenvalue weighted by atomic mass is 32.2. The van der Waals surface area contributed by atoms with E-state index in [1.807, 2.05) is 0 Å². The zero-order valence-corrected chi connectivity index (χ0v) is 12.6. The molecule has 114 valence electrons. The van der Waals surface area contributed by atoms with E-state index < -0.39 is 10.0 Å². The third-order valence-corrected chi connectivity index (χ3v) is 4.90. The van der Waals surface area contributed by atoms with Gasteiger partial charge in [-0.3, -0.25) is 9.78 Å². The Labute approximate surface area is 128 Å². The number of carbonyl (C=O) groups is 1. The van der Waals surface area contributed by atoms with E-state index in [9.17, 15) is 13.2 Å². The Balaban J connectivity index is 1.79. The van der Waals surface area contributed by atoms with Gasteiger partial charge < -0.3 is 5.32 Å². The van der Waals surface area contributed by atoms with E-state index in [-0.39, 0.29) is 17.3 Å². The molecule has 2 heterocycles. The van der Waals surface area contributed by atoms with Gasteiger partial charge in [0.25, 0.3) is 0 Å². The number of carbonyl (C=O) groups excluding carboxylic acids is 1. The highest BCUT2D eigenvalue weighted by molar-refractivity contribution is 7.89. The van der Waals surface area contributed by atoms with Crippen LogP contribution in [0.1, 0.15) is 17.5 Å². The van der Waals surface area contributed by atoms with Crippen molar-refractivity contribution in [1.82, 2.24) is 9.71 Å². The van der Waals surface area contributed by atoms with Crippen molar-refractivity contribution in [2.75, 3.05) is 5.32 Å². The van der Waals surface area contributed by atoms with Gasteiger partial charge in [0.15, 0.2) is 0 Å². The fourth-order valence-corrected chi connectivity index (χ4v) is 3.36. The molecular formula is C15H15N3O3S. The normalized spacial score (nSPS) is 14.3. The largest absolute Gasteiger partial charge is 0.326 e. The van der Waals surface area contributed by atoms with Gasteiger partial charge in [0, 0.05) is 31.0 Å². The number of fused-ring (bicyclic) bond motifs is 1. The molecule has 0 radical (unpaired) electrons. The maximum absolute atomic E-state index is 12.3. The molecule has 0 saturated heterocycles. The third kappa shape index (κ3) is 3.15. The number of aryl methyl sites for hydroxylation is 1. The second-order valence-electron chi connectivity index (χ2n) is 5.05. The molecule has 0 aliphatic carbocycles. The van der Waals surface area contributed by atoms with Crippen molar-refractivity contribution < 1.29 is 13.2 Å². The van der Waals surface area contributed by atoms with Crippen molar-refractivity contribution in [1.29, 1.82) is 0 Å². The zero-order chi connectivity index (χ0) is 15.6. The van der Waals surface area contributed by atoms with Crippen molar-refractivity contribution in [2.24, 2.45) is 0 Å². The van der Waals surface area contributed by atoms with Gasteiger partial charge in [0.2, 0.25) is 15.9 Å². The van der Waals surface area contributed by atoms with Crippen LogP contribution in [0.2, 0.25) is 0 Å². The summed E-state index contributed by atoms with van der Waals surface area (Å²) in [7, 11) is -3.59. The maximum atomic E-state index is 12.3. The number of nitrogens with one attached hydrogen (secondary N) is 2. The predicted octanol–water partition coefficient (Wildman–Crippen LogP) is 1.44. The second kappa shape index (κ2) is 5.86. The minimum atomic E-state index is -3.59. The molecule has 0 fully saturated rings. The highest BCUT2D eigenvalue weighted by Crippen LogP contribution is 2.25. The summed E-state index contributed by atoms with van der Waals surface area (Å²) in [5.74, 6) is -0.0427. The van der Waals surface area contributed by atoms with Crippen LogP contribution >= 0.6 is 0 Å². The van der Waals surface area contributed by atoms with E-state index in [2.05, 4.69) is 15.0 Å². The lowest BCUT2D eigenvalue weighted by Gasteiger charge is -2.17. The zero-order valence-electron chi connectivity index (χ0n) is 11.7. The fourth-order valence-electron chi connectivity index (χ4n) is 2.29. The van der Waals surface area contributed by atoms with Crippen molar-refractivity contribution in [3.8, 4) is 0 Å². The molecule has 2 N–H and O–H groups in total. The van der Waals surface area contributed by atoms with Crippen molar-refractivity contribution in [2.45, 2.75) is 24.3 Å². The van der Waals surface area contributed by atoms with Crippen molar-refractivity contribution in [3.63, 3.8) is 0 Å². The first-order valence-electron chi connectivity index (χ1n) is 6.86. The Kier molecular flexibility index (Phi) is 3.91. The van der Waals surface area contributed by atoms with Gasteiger partial charge in [0.1, 0.15) is 0 Å². The van der Waals surface area contributed by atoms with Crippen LogP contribution in [-0.4, -0.2) is 19.3 Å². The first kappa shape index (κ1) is 14.7. The van der Waals surface area contributed by atoms with Gasteiger partial charge in [-0.1, -0.05) is 0 Å². The number of hydrogen-bond donors (Lipinski definition) is 2. The Bertz CT molecular complexity index is 804. The fraction of sp³-hybridized carbons (Fsp3) is 0.200. The quantitative estimate of drug-likeness (QED) is 0.893. The van der Waals surface area contributed by atoms with E-state index in [0.29, 0.717) is 18.5 Å². The molecule has 0 atom stereocenters. The van der Waals surface area contributed by atoms with Crippen LogP contribution in [0.25, 0.3) is 0 Å². The van der Waals surface area contributed by atoms with E-state index in [4.69, 9.17) is 0 Å². The van der Waals surface area contributed by atoms with Crippen LogP contribution in [0.3, 0.4) is 0 Å². The number of aromatic nitrogens is 1. The molecule has 0 spiro atoms. The van der Waals surface area contributed by atoms with Gasteiger partial charge in [-0.15, -0.1) is 0 Å². The van der Waals surface area contributed by atoms with Gasteiger partial charge >= 0.3 is 0 Å². The van der Waals surface area contributed by atoms with Gasteiger partial charge in [0.05, 0.1) is 4.90 Å². The number of anilines is 1. The standard InChI is InChI=1S/C15H15N3O3S/c19-15-4-1-12-9-13(2-3-14(12)18-15)22(20,21)17-10-11-5-7-16-8-6-11/h2-3,5-9,17H,1,4,10H2,(H,18,19). The molecule has 1 aromatic carbocycles. The molecule has 22 heavy (non-hydrogen) atoms. The summed E-state index contributed by atoms with van der Waals surface area (Å²) in [6, 6.07) is 8.26. The third-order valence-electron chi connectivity index (χ3n) is 3.50. The summed E-state index contributed by atoms with van der Waals surface area (Å²) in [5.41, 5.74) is 2.36. The van der Waals surface area contributed by atoms with Crippen LogP contribution in [0.15, 0.2) is 47.6 Å². The molecule has 6 nitrogen and oxygen atoms in total. The molecule has 0 bridgehead atoms. The van der Waals surface area contributed by atoms with Crippen LogP contribution in [-0.2, 0) is 27.8 Å². The van der Waals surface area contributed by atoms with E-state index in [1.54, 1.807) is 36.7 Å². The van der Waals surface area contributed by atoms with E-state index in [1.165, 1.54) is 6.07 Å². The van der Waals surface area contributed by atoms with Crippen LogP contribution < -0.4 is 10.0 Å². The Morgan fingerprint density at radius 3 is 2.68 bits per heavy atom. The topological polar surface area (TPSA) is 88.2 Å². The molecule has 7 heteroatoms. The van der Waals surface area contributed by atoms with E-state index >= 15 is 0 Å². The Morgan fingerprint density at radius 1 is 1.14 bits per heavy atom. The summed E-state index contributed by atoms with van der Waals surface area (Å²) in [4.78, 5) is 15.4. The molecule has 3 rings (SSSR count). The number of pyridine rings is 1. The van der Waals surface area contributed by atoms with Crippen molar-refractivity contribution in [3.05, 3.63) is 53.9 Å². The average molecular weight is 317 g/mol. The summed E-state index contributed by atoms with van der Waals surface area (Å²) in [6.07, 6.45) is 4.16. The average Bonchev–Trinajstić information content (AvgIpc) is 2.53. The summed E-state index contributed by atoms with van der Waals surface area (Å²) in [6.45, 7) is 0.207. The minimum absolute atomic E-state index is 0.0427. The number of amides is 1.